The van der Waals surface area contributed by atoms with Crippen molar-refractivity contribution < 1.29 is 29.0 Å². The molecule has 0 unspecified atom stereocenters. The molecule has 0 saturated heterocycles. The Morgan fingerprint density at radius 3 is 2.65 bits per heavy atom. The van der Waals surface area contributed by atoms with Crippen LogP contribution >= 0.6 is 11.3 Å². The molecule has 0 aromatic carbocycles. The van der Waals surface area contributed by atoms with Crippen LogP contribution in [0.5, 0.6) is 0 Å². The van der Waals surface area contributed by atoms with Gasteiger partial charge in [0.1, 0.15) is 5.00 Å². The van der Waals surface area contributed by atoms with E-state index in [4.69, 9.17) is 14.6 Å². The van der Waals surface area contributed by atoms with Crippen molar-refractivity contribution in [1.82, 2.24) is 0 Å². The minimum Gasteiger partial charge on any atom is -0.478 e. The number of hydrogen-bond acceptors (Lipinski definition) is 6. The number of esters is 1. The second-order valence-electron chi connectivity index (χ2n) is 5.59. The van der Waals surface area contributed by atoms with Gasteiger partial charge in [-0.05, 0) is 19.4 Å². The zero-order valence-electron chi connectivity index (χ0n) is 13.0. The minimum absolute atomic E-state index is 0.306. The number of nitrogens with one attached hydrogen (secondary N) is 1. The van der Waals surface area contributed by atoms with Gasteiger partial charge in [0.25, 0.3) is 0 Å². The molecule has 1 amide bonds. The first-order valence-electron chi connectivity index (χ1n) is 6.82. The van der Waals surface area contributed by atoms with Gasteiger partial charge in [-0.15, -0.1) is 11.3 Å². The van der Waals surface area contributed by atoms with Gasteiger partial charge in [0.2, 0.25) is 5.91 Å². The third-order valence-corrected chi connectivity index (χ3v) is 4.41. The van der Waals surface area contributed by atoms with Crippen LogP contribution in [0.2, 0.25) is 0 Å². The summed E-state index contributed by atoms with van der Waals surface area (Å²) >= 11 is 1.23. The van der Waals surface area contributed by atoms with Crippen LogP contribution in [0.1, 0.15) is 34.6 Å². The summed E-state index contributed by atoms with van der Waals surface area (Å²) < 4.78 is 10.5. The molecular weight excluding hydrogens is 322 g/mol. The molecule has 8 heteroatoms. The summed E-state index contributed by atoms with van der Waals surface area (Å²) in [5.41, 5.74) is 0.693. The van der Waals surface area contributed by atoms with Crippen molar-refractivity contribution in [3.63, 3.8) is 0 Å². The topological polar surface area (TPSA) is 102 Å². The highest BCUT2D eigenvalue weighted by Crippen LogP contribution is 2.40. The molecule has 1 aromatic heterocycles. The first-order chi connectivity index (χ1) is 10.7. The van der Waals surface area contributed by atoms with Crippen molar-refractivity contribution in [1.29, 1.82) is 0 Å². The number of carbonyl (C=O) groups is 3. The highest BCUT2D eigenvalue weighted by molar-refractivity contribution is 7.17. The predicted molar refractivity (Wildman–Crippen MR) is 83.6 cm³/mol. The van der Waals surface area contributed by atoms with E-state index in [2.05, 4.69) is 5.32 Å². The van der Waals surface area contributed by atoms with Crippen LogP contribution < -0.4 is 5.32 Å². The molecule has 0 atom stereocenters. The Morgan fingerprint density at radius 2 is 2.04 bits per heavy atom. The molecule has 0 bridgehead atoms. The van der Waals surface area contributed by atoms with Gasteiger partial charge >= 0.3 is 11.9 Å². The monoisotopic (exact) mass is 339 g/mol. The molecule has 0 radical (unpaired) electrons. The molecular formula is C15H17NO6S. The molecule has 0 aliphatic carbocycles. The van der Waals surface area contributed by atoms with Gasteiger partial charge < -0.3 is 19.9 Å². The molecule has 0 fully saturated rings. The van der Waals surface area contributed by atoms with E-state index in [1.54, 1.807) is 0 Å². The van der Waals surface area contributed by atoms with Gasteiger partial charge in [0.05, 0.1) is 24.9 Å². The number of carboxylic acid groups (broad SMARTS) is 1. The number of methoxy groups -OCH3 is 1. The van der Waals surface area contributed by atoms with Crippen LogP contribution in [0, 0.1) is 0 Å². The molecule has 1 aromatic rings. The van der Waals surface area contributed by atoms with Gasteiger partial charge in [-0.25, -0.2) is 9.59 Å². The minimum atomic E-state index is -1.23. The summed E-state index contributed by atoms with van der Waals surface area (Å²) in [7, 11) is 1.27. The van der Waals surface area contributed by atoms with Crippen molar-refractivity contribution >= 4 is 34.2 Å². The van der Waals surface area contributed by atoms with E-state index >= 15 is 0 Å². The predicted octanol–water partition coefficient (Wildman–Crippen LogP) is 1.97. The van der Waals surface area contributed by atoms with Gasteiger partial charge in [0.15, 0.2) is 0 Å². The van der Waals surface area contributed by atoms with Crippen molar-refractivity contribution in [3.05, 3.63) is 28.2 Å². The number of thiophene rings is 1. The van der Waals surface area contributed by atoms with Gasteiger partial charge in [-0.2, -0.15) is 0 Å². The fraction of sp³-hybridized carbons (Fsp3) is 0.400. The first kappa shape index (κ1) is 17.2. The van der Waals surface area contributed by atoms with Crippen molar-refractivity contribution in [2.24, 2.45) is 0 Å². The Labute approximate surface area is 136 Å². The Balaban J connectivity index is 2.37. The van der Waals surface area contributed by atoms with Crippen LogP contribution in [0.3, 0.4) is 0 Å². The van der Waals surface area contributed by atoms with Crippen molar-refractivity contribution in [3.8, 4) is 0 Å². The lowest BCUT2D eigenvalue weighted by Gasteiger charge is -2.30. The van der Waals surface area contributed by atoms with E-state index in [9.17, 15) is 14.4 Å². The second kappa shape index (κ2) is 6.51. The number of aliphatic carboxylic acids is 1. The Morgan fingerprint density at radius 1 is 1.35 bits per heavy atom. The van der Waals surface area contributed by atoms with Gasteiger partial charge in [0, 0.05) is 23.5 Å². The number of carboxylic acids is 1. The number of anilines is 1. The number of fused-ring (bicyclic) bond motifs is 1. The summed E-state index contributed by atoms with van der Waals surface area (Å²) in [6.07, 6.45) is 2.14. The Bertz CT molecular complexity index is 688. The van der Waals surface area contributed by atoms with E-state index in [0.29, 0.717) is 23.6 Å². The van der Waals surface area contributed by atoms with E-state index in [0.717, 1.165) is 22.6 Å². The van der Waals surface area contributed by atoms with Gasteiger partial charge in [-0.3, -0.25) is 4.79 Å². The zero-order chi connectivity index (χ0) is 17.2. The average molecular weight is 339 g/mol. The number of rotatable bonds is 4. The lowest BCUT2D eigenvalue weighted by Crippen LogP contribution is -2.32. The molecule has 23 heavy (non-hydrogen) atoms. The summed E-state index contributed by atoms with van der Waals surface area (Å²) in [6.45, 7) is 4.18. The summed E-state index contributed by atoms with van der Waals surface area (Å²) in [5, 5.41) is 11.4. The molecule has 2 heterocycles. The number of ether oxygens (including phenoxy) is 2. The van der Waals surface area contributed by atoms with Crippen molar-refractivity contribution in [2.75, 3.05) is 12.4 Å². The fourth-order valence-electron chi connectivity index (χ4n) is 2.26. The lowest BCUT2D eigenvalue weighted by atomic mass is 9.93. The van der Waals surface area contributed by atoms with E-state index in [-0.39, 0.29) is 0 Å². The highest BCUT2D eigenvalue weighted by atomic mass is 32.1. The molecule has 2 N–H and O–H groups in total. The normalized spacial score (nSPS) is 16.0. The Kier molecular flexibility index (Phi) is 4.86. The average Bonchev–Trinajstić information content (AvgIpc) is 2.80. The number of hydrogen-bond donors (Lipinski definition) is 2. The highest BCUT2D eigenvalue weighted by Gasteiger charge is 2.34. The van der Waals surface area contributed by atoms with E-state index < -0.39 is 23.4 Å². The number of carbonyl (C=O) groups excluding carboxylic acids is 2. The van der Waals surface area contributed by atoms with E-state index in [1.165, 1.54) is 18.4 Å². The number of amides is 1. The fourth-order valence-corrected chi connectivity index (χ4v) is 3.38. The molecule has 1 aliphatic heterocycles. The van der Waals surface area contributed by atoms with Crippen LogP contribution in [0.25, 0.3) is 0 Å². The maximum Gasteiger partial charge on any atom is 0.341 e. The van der Waals surface area contributed by atoms with E-state index in [1.807, 2.05) is 13.8 Å². The van der Waals surface area contributed by atoms with Gasteiger partial charge in [-0.1, -0.05) is 0 Å². The lowest BCUT2D eigenvalue weighted by molar-refractivity contribution is -0.131. The quantitative estimate of drug-likeness (QED) is 0.642. The Hall–Kier alpha value is -2.19. The van der Waals surface area contributed by atoms with Crippen LogP contribution in [-0.4, -0.2) is 35.7 Å². The molecule has 2 rings (SSSR count). The SMILES string of the molecule is COC(=O)c1c(NC(=O)C=CC(=O)O)sc2c1CC(C)(C)OC2. The zero-order valence-corrected chi connectivity index (χ0v) is 13.8. The largest absolute Gasteiger partial charge is 0.478 e. The van der Waals surface area contributed by atoms with Crippen LogP contribution in [0.15, 0.2) is 12.2 Å². The maximum atomic E-state index is 12.1. The summed E-state index contributed by atoms with van der Waals surface area (Å²) in [5.74, 6) is -2.40. The summed E-state index contributed by atoms with van der Waals surface area (Å²) in [6, 6.07) is 0. The maximum absolute atomic E-state index is 12.1. The van der Waals surface area contributed by atoms with Crippen molar-refractivity contribution in [2.45, 2.75) is 32.5 Å². The molecule has 7 nitrogen and oxygen atoms in total. The summed E-state index contributed by atoms with van der Waals surface area (Å²) in [4.78, 5) is 35.2. The molecule has 0 spiro atoms. The third kappa shape index (κ3) is 3.96. The molecule has 0 saturated carbocycles. The van der Waals surface area contributed by atoms with Crippen LogP contribution in [-0.2, 0) is 32.1 Å². The first-order valence-corrected chi connectivity index (χ1v) is 7.64. The van der Waals surface area contributed by atoms with Crippen LogP contribution in [0.4, 0.5) is 5.00 Å². The molecule has 124 valence electrons. The third-order valence-electron chi connectivity index (χ3n) is 3.29. The molecule has 1 aliphatic rings. The smallest absolute Gasteiger partial charge is 0.341 e. The second-order valence-corrected chi connectivity index (χ2v) is 6.69. The standard InChI is InChI=1S/C15H17NO6S/c1-15(2)6-8-9(7-22-15)23-13(12(8)14(20)21-3)16-10(17)4-5-11(18)19/h4-5H,6-7H2,1-3H3,(H,16,17)(H,18,19).